The molecule has 38 heavy (non-hydrogen) atoms. The van der Waals surface area contributed by atoms with Crippen molar-refractivity contribution in [3.63, 3.8) is 0 Å². The van der Waals surface area contributed by atoms with Crippen LogP contribution < -0.4 is 25.8 Å². The average molecular weight is 514 g/mol. The molecule has 6 rings (SSSR count). The van der Waals surface area contributed by atoms with E-state index in [1.165, 1.54) is 0 Å². The highest BCUT2D eigenvalue weighted by atomic mass is 16.5. The van der Waals surface area contributed by atoms with Crippen LogP contribution in [0.5, 0.6) is 23.5 Å². The van der Waals surface area contributed by atoms with Gasteiger partial charge in [0.15, 0.2) is 17.0 Å². The molecule has 2 aliphatic heterocycles. The summed E-state index contributed by atoms with van der Waals surface area (Å²) in [5.41, 5.74) is 9.25. The summed E-state index contributed by atoms with van der Waals surface area (Å²) >= 11 is 0. The van der Waals surface area contributed by atoms with Gasteiger partial charge in [-0.25, -0.2) is 0 Å². The minimum absolute atomic E-state index is 0.0928. The van der Waals surface area contributed by atoms with Gasteiger partial charge in [0.05, 0.1) is 19.2 Å². The van der Waals surface area contributed by atoms with E-state index >= 15 is 0 Å². The van der Waals surface area contributed by atoms with E-state index in [9.17, 15) is 9.90 Å². The number of benzene rings is 2. The standard InChI is InChI=1S/C27H27N7O4/c28-23-22-24-33-26(32-23)37-11-3-1-2-4-18-12-16(15-34(24)27(36)31-22)5-10-21(18)38-20-8-6-17(7-9-20)25(35)30-19-13-29-14-19/h1-2,5-10,12,19,29H,3-4,11,13-15H2,(H,30,35)(H,31,36)(H2,28,32,33)/b2-1-. The van der Waals surface area contributed by atoms with Gasteiger partial charge < -0.3 is 30.9 Å². The van der Waals surface area contributed by atoms with Crippen LogP contribution >= 0.6 is 0 Å². The Labute approximate surface area is 218 Å². The summed E-state index contributed by atoms with van der Waals surface area (Å²) in [5, 5.41) is 16.7. The van der Waals surface area contributed by atoms with Crippen molar-refractivity contribution in [1.29, 1.82) is 0 Å². The van der Waals surface area contributed by atoms with E-state index in [1.54, 1.807) is 28.8 Å². The van der Waals surface area contributed by atoms with Crippen LogP contribution in [-0.2, 0) is 13.0 Å². The van der Waals surface area contributed by atoms with Crippen molar-refractivity contribution in [1.82, 2.24) is 30.2 Å². The van der Waals surface area contributed by atoms with E-state index in [0.717, 1.165) is 24.2 Å². The van der Waals surface area contributed by atoms with Crippen molar-refractivity contribution < 1.29 is 19.4 Å². The smallest absolute Gasteiger partial charge is 0.320 e. The number of nitrogens with one attached hydrogen (secondary N) is 2. The zero-order chi connectivity index (χ0) is 26.1. The lowest BCUT2D eigenvalue weighted by molar-refractivity contribution is 0.0924. The van der Waals surface area contributed by atoms with Crippen molar-refractivity contribution in [2.24, 2.45) is 0 Å². The number of amides is 1. The number of anilines is 1. The Kier molecular flexibility index (Phi) is 6.26. The topological polar surface area (TPSA) is 149 Å². The number of carbonyl (C=O) groups excluding carboxylic acids is 1. The van der Waals surface area contributed by atoms with Crippen LogP contribution in [-0.4, -0.2) is 56.3 Å². The normalized spacial score (nSPS) is 16.3. The Morgan fingerprint density at radius 3 is 2.76 bits per heavy atom. The number of carbonyl (C=O) groups is 1. The van der Waals surface area contributed by atoms with Gasteiger partial charge in [-0.1, -0.05) is 18.2 Å². The van der Waals surface area contributed by atoms with E-state index in [2.05, 4.69) is 31.7 Å². The fraction of sp³-hybridized carbons (Fsp3) is 0.259. The molecule has 2 aliphatic rings. The van der Waals surface area contributed by atoms with Crippen molar-refractivity contribution in [3.8, 4) is 23.5 Å². The first-order valence-electron chi connectivity index (χ1n) is 12.5. The molecule has 4 aromatic rings. The third kappa shape index (κ3) is 4.83. The van der Waals surface area contributed by atoms with E-state index in [4.69, 9.17) is 15.2 Å². The Hall–Kier alpha value is -4.64. The van der Waals surface area contributed by atoms with Gasteiger partial charge in [0, 0.05) is 18.7 Å². The Bertz CT molecular complexity index is 1530. The summed E-state index contributed by atoms with van der Waals surface area (Å²) in [7, 11) is 0. The number of hydrogen-bond donors (Lipinski definition) is 4. The zero-order valence-electron chi connectivity index (χ0n) is 20.6. The number of rotatable bonds is 4. The predicted molar refractivity (Wildman–Crippen MR) is 141 cm³/mol. The molecule has 0 aliphatic carbocycles. The lowest BCUT2D eigenvalue weighted by Gasteiger charge is -2.27. The number of aromatic nitrogens is 4. The number of aromatic hydroxyl groups is 1. The van der Waals surface area contributed by atoms with Crippen molar-refractivity contribution >= 4 is 22.9 Å². The largest absolute Gasteiger partial charge is 0.480 e. The number of nitrogens with zero attached hydrogens (tertiary/aromatic N) is 4. The molecule has 2 aromatic heterocycles. The van der Waals surface area contributed by atoms with Crippen LogP contribution in [0.4, 0.5) is 5.82 Å². The zero-order valence-corrected chi connectivity index (χ0v) is 20.6. The molecule has 1 saturated heterocycles. The average Bonchev–Trinajstić information content (AvgIpc) is 3.20. The third-order valence-corrected chi connectivity index (χ3v) is 6.53. The van der Waals surface area contributed by atoms with Gasteiger partial charge in [0.1, 0.15) is 11.5 Å². The van der Waals surface area contributed by atoms with Gasteiger partial charge in [0.2, 0.25) is 0 Å². The number of allylic oxidation sites excluding steroid dienone is 1. The van der Waals surface area contributed by atoms with Gasteiger partial charge in [-0.05, 0) is 60.4 Å². The molecule has 0 unspecified atom stereocenters. The van der Waals surface area contributed by atoms with Gasteiger partial charge in [-0.3, -0.25) is 9.36 Å². The van der Waals surface area contributed by atoms with Crippen molar-refractivity contribution in [2.45, 2.75) is 25.4 Å². The van der Waals surface area contributed by atoms with Crippen LogP contribution in [0.3, 0.4) is 0 Å². The highest BCUT2D eigenvalue weighted by Gasteiger charge is 2.20. The van der Waals surface area contributed by atoms with Gasteiger partial charge >= 0.3 is 6.01 Å². The van der Waals surface area contributed by atoms with E-state index in [-0.39, 0.29) is 29.8 Å². The molecule has 1 amide bonds. The number of fused-ring (bicyclic) bond motifs is 3. The molecular formula is C27H27N7O4. The second-order valence-electron chi connectivity index (χ2n) is 9.27. The lowest BCUT2D eigenvalue weighted by Crippen LogP contribution is -2.56. The first kappa shape index (κ1) is 23.7. The maximum absolute atomic E-state index is 12.4. The van der Waals surface area contributed by atoms with Crippen molar-refractivity contribution in [3.05, 3.63) is 71.3 Å². The van der Waals surface area contributed by atoms with Gasteiger partial charge in [-0.15, -0.1) is 0 Å². The fourth-order valence-corrected chi connectivity index (χ4v) is 4.38. The molecule has 0 spiro atoms. The second kappa shape index (κ2) is 10.0. The number of hydrogen-bond acceptors (Lipinski definition) is 9. The Balaban J connectivity index is 1.27. The molecule has 2 aromatic carbocycles. The first-order chi connectivity index (χ1) is 18.5. The second-order valence-corrected chi connectivity index (χ2v) is 9.27. The van der Waals surface area contributed by atoms with Crippen LogP contribution in [0, 0.1) is 0 Å². The summed E-state index contributed by atoms with van der Waals surface area (Å²) in [6.45, 7) is 2.29. The molecule has 4 heterocycles. The van der Waals surface area contributed by atoms with Gasteiger partial charge in [-0.2, -0.15) is 15.0 Å². The molecule has 0 radical (unpaired) electrons. The highest BCUT2D eigenvalue weighted by Crippen LogP contribution is 2.30. The lowest BCUT2D eigenvalue weighted by atomic mass is 10.1. The number of nitrogens with two attached hydrogens (primary N) is 1. The molecule has 11 nitrogen and oxygen atoms in total. The highest BCUT2D eigenvalue weighted by molar-refractivity contribution is 5.94. The molecular weight excluding hydrogens is 486 g/mol. The van der Waals surface area contributed by atoms with E-state index < -0.39 is 0 Å². The predicted octanol–water partition coefficient (Wildman–Crippen LogP) is 2.54. The Morgan fingerprint density at radius 2 is 1.97 bits per heavy atom. The Morgan fingerprint density at radius 1 is 1.13 bits per heavy atom. The van der Waals surface area contributed by atoms with Crippen molar-refractivity contribution in [2.75, 3.05) is 25.4 Å². The molecule has 0 saturated carbocycles. The quantitative estimate of drug-likeness (QED) is 0.302. The maximum atomic E-state index is 12.4. The minimum Gasteiger partial charge on any atom is -0.480 e. The minimum atomic E-state index is -0.204. The van der Waals surface area contributed by atoms with Crippen LogP contribution in [0.2, 0.25) is 0 Å². The monoisotopic (exact) mass is 513 g/mol. The summed E-state index contributed by atoms with van der Waals surface area (Å²) in [5.74, 6) is 1.39. The summed E-state index contributed by atoms with van der Waals surface area (Å²) in [6.07, 6.45) is 5.38. The fourth-order valence-electron chi connectivity index (χ4n) is 4.38. The number of ether oxygens (including phenoxy) is 2. The van der Waals surface area contributed by atoms with Crippen LogP contribution in [0.25, 0.3) is 11.2 Å². The van der Waals surface area contributed by atoms with Crippen LogP contribution in [0.1, 0.15) is 27.9 Å². The molecule has 194 valence electrons. The number of imidazole rings is 1. The summed E-state index contributed by atoms with van der Waals surface area (Å²) in [6, 6.07) is 13.1. The summed E-state index contributed by atoms with van der Waals surface area (Å²) in [4.78, 5) is 25.1. The third-order valence-electron chi connectivity index (χ3n) is 6.53. The van der Waals surface area contributed by atoms with E-state index in [0.29, 0.717) is 54.2 Å². The molecule has 0 atom stereocenters. The SMILES string of the molecule is Nc1nc2nc3c1nc(O)n3Cc1ccc(Oc3ccc(C(=O)NC4CNC4)cc3)c(c1)C/C=C\CCO2. The molecule has 4 bridgehead atoms. The first-order valence-corrected chi connectivity index (χ1v) is 12.5. The van der Waals surface area contributed by atoms with E-state index in [1.807, 2.05) is 24.3 Å². The van der Waals surface area contributed by atoms with Gasteiger partial charge in [0.25, 0.3) is 11.9 Å². The molecule has 11 heteroatoms. The maximum Gasteiger partial charge on any atom is 0.320 e. The number of nitrogen functional groups attached to an aromatic ring is 1. The molecule has 5 N–H and O–H groups in total. The summed E-state index contributed by atoms with van der Waals surface area (Å²) < 4.78 is 13.5. The molecule has 1 fully saturated rings. The van der Waals surface area contributed by atoms with Crippen LogP contribution in [0.15, 0.2) is 54.6 Å².